The number of hydrogen-bond acceptors (Lipinski definition) is 4. The van der Waals surface area contributed by atoms with Crippen molar-refractivity contribution in [2.75, 3.05) is 17.7 Å². The van der Waals surface area contributed by atoms with Crippen LogP contribution in [0.1, 0.15) is 23.7 Å². The fraction of sp³-hybridized carbons (Fsp3) is 0.333. The summed E-state index contributed by atoms with van der Waals surface area (Å²) in [7, 11) is 1.82. The van der Waals surface area contributed by atoms with Gasteiger partial charge in [0.25, 0.3) is 0 Å². The summed E-state index contributed by atoms with van der Waals surface area (Å²) in [4.78, 5) is 8.64. The van der Waals surface area contributed by atoms with Crippen LogP contribution in [-0.2, 0) is 13.0 Å². The van der Waals surface area contributed by atoms with Gasteiger partial charge in [-0.15, -0.1) is 0 Å². The maximum Gasteiger partial charge on any atom is 0.224 e. The van der Waals surface area contributed by atoms with Crippen LogP contribution in [0.4, 0.5) is 11.8 Å². The lowest BCUT2D eigenvalue weighted by Crippen LogP contribution is -2.05. The first kappa shape index (κ1) is 13.3. The molecule has 19 heavy (non-hydrogen) atoms. The molecule has 2 N–H and O–H groups in total. The molecule has 0 saturated heterocycles. The zero-order valence-electron chi connectivity index (χ0n) is 11.7. The standard InChI is InChI=1S/C15H20N4/c1-4-12-5-7-13(8-6-12)10-17-14-9-11(2)18-15(16-3)19-14/h5-9H,4,10H2,1-3H3,(H2,16,17,18,19). The molecular weight excluding hydrogens is 236 g/mol. The molecule has 4 nitrogen and oxygen atoms in total. The van der Waals surface area contributed by atoms with Crippen LogP contribution in [0.15, 0.2) is 30.3 Å². The van der Waals surface area contributed by atoms with Gasteiger partial charge in [-0.25, -0.2) is 4.98 Å². The quantitative estimate of drug-likeness (QED) is 0.863. The van der Waals surface area contributed by atoms with Gasteiger partial charge in [-0.2, -0.15) is 4.98 Å². The molecule has 0 amide bonds. The summed E-state index contributed by atoms with van der Waals surface area (Å²) in [5, 5.41) is 6.28. The Morgan fingerprint density at radius 2 is 1.74 bits per heavy atom. The van der Waals surface area contributed by atoms with Crippen molar-refractivity contribution < 1.29 is 0 Å². The Morgan fingerprint density at radius 1 is 1.05 bits per heavy atom. The van der Waals surface area contributed by atoms with E-state index in [9.17, 15) is 0 Å². The Balaban J connectivity index is 2.03. The van der Waals surface area contributed by atoms with E-state index in [1.54, 1.807) is 0 Å². The highest BCUT2D eigenvalue weighted by atomic mass is 15.1. The Morgan fingerprint density at radius 3 is 2.37 bits per heavy atom. The van der Waals surface area contributed by atoms with Crippen LogP contribution in [0.25, 0.3) is 0 Å². The highest BCUT2D eigenvalue weighted by molar-refractivity contribution is 5.42. The van der Waals surface area contributed by atoms with Gasteiger partial charge in [0.1, 0.15) is 5.82 Å². The molecule has 0 saturated carbocycles. The highest BCUT2D eigenvalue weighted by Gasteiger charge is 2.00. The molecule has 0 aliphatic rings. The molecule has 0 spiro atoms. The van der Waals surface area contributed by atoms with E-state index in [1.807, 2.05) is 20.0 Å². The van der Waals surface area contributed by atoms with E-state index >= 15 is 0 Å². The van der Waals surface area contributed by atoms with Crippen molar-refractivity contribution in [1.82, 2.24) is 9.97 Å². The molecule has 0 radical (unpaired) electrons. The molecule has 0 bridgehead atoms. The number of aryl methyl sites for hydroxylation is 2. The molecule has 1 aromatic carbocycles. The predicted octanol–water partition coefficient (Wildman–Crippen LogP) is 3.00. The van der Waals surface area contributed by atoms with Crippen LogP contribution in [0.5, 0.6) is 0 Å². The van der Waals surface area contributed by atoms with Crippen molar-refractivity contribution in [3.05, 3.63) is 47.2 Å². The maximum atomic E-state index is 4.37. The molecule has 2 aromatic rings. The summed E-state index contributed by atoms with van der Waals surface area (Å²) in [5.41, 5.74) is 3.56. The van der Waals surface area contributed by atoms with Crippen LogP contribution in [-0.4, -0.2) is 17.0 Å². The third-order valence-corrected chi connectivity index (χ3v) is 2.98. The Labute approximate surface area is 114 Å². The van der Waals surface area contributed by atoms with E-state index in [0.717, 1.165) is 24.5 Å². The van der Waals surface area contributed by atoms with E-state index in [1.165, 1.54) is 11.1 Å². The molecule has 1 aromatic heterocycles. The number of aromatic nitrogens is 2. The molecule has 4 heteroatoms. The lowest BCUT2D eigenvalue weighted by Gasteiger charge is -2.08. The zero-order valence-corrected chi connectivity index (χ0v) is 11.7. The van der Waals surface area contributed by atoms with Crippen molar-refractivity contribution in [2.24, 2.45) is 0 Å². The fourth-order valence-corrected chi connectivity index (χ4v) is 1.86. The SMILES string of the molecule is CCc1ccc(CNc2cc(C)nc(NC)n2)cc1. The van der Waals surface area contributed by atoms with Gasteiger partial charge in [-0.05, 0) is 24.5 Å². The summed E-state index contributed by atoms with van der Waals surface area (Å²) in [6, 6.07) is 10.6. The van der Waals surface area contributed by atoms with E-state index < -0.39 is 0 Å². The number of nitrogens with zero attached hydrogens (tertiary/aromatic N) is 2. The van der Waals surface area contributed by atoms with Crippen LogP contribution in [0.3, 0.4) is 0 Å². The summed E-state index contributed by atoms with van der Waals surface area (Å²) < 4.78 is 0. The van der Waals surface area contributed by atoms with Crippen molar-refractivity contribution in [3.8, 4) is 0 Å². The van der Waals surface area contributed by atoms with E-state index in [2.05, 4.69) is 51.8 Å². The van der Waals surface area contributed by atoms with Gasteiger partial charge in [0.15, 0.2) is 0 Å². The van der Waals surface area contributed by atoms with Crippen LogP contribution in [0, 0.1) is 6.92 Å². The highest BCUT2D eigenvalue weighted by Crippen LogP contribution is 2.11. The van der Waals surface area contributed by atoms with Gasteiger partial charge in [0.2, 0.25) is 5.95 Å². The predicted molar refractivity (Wildman–Crippen MR) is 79.5 cm³/mol. The minimum Gasteiger partial charge on any atom is -0.366 e. The largest absolute Gasteiger partial charge is 0.366 e. The van der Waals surface area contributed by atoms with Crippen LogP contribution in [0.2, 0.25) is 0 Å². The van der Waals surface area contributed by atoms with Gasteiger partial charge in [-0.3, -0.25) is 0 Å². The maximum absolute atomic E-state index is 4.37. The van der Waals surface area contributed by atoms with Crippen molar-refractivity contribution >= 4 is 11.8 Å². The van der Waals surface area contributed by atoms with Crippen molar-refractivity contribution in [3.63, 3.8) is 0 Å². The molecule has 0 unspecified atom stereocenters. The molecule has 0 aliphatic carbocycles. The summed E-state index contributed by atoms with van der Waals surface area (Å²) in [6.07, 6.45) is 1.07. The topological polar surface area (TPSA) is 49.8 Å². The summed E-state index contributed by atoms with van der Waals surface area (Å²) in [6.45, 7) is 4.89. The van der Waals surface area contributed by atoms with Crippen molar-refractivity contribution in [1.29, 1.82) is 0 Å². The first-order chi connectivity index (χ1) is 9.21. The van der Waals surface area contributed by atoms with Gasteiger partial charge in [-0.1, -0.05) is 31.2 Å². The van der Waals surface area contributed by atoms with Gasteiger partial charge in [0.05, 0.1) is 0 Å². The number of hydrogen-bond donors (Lipinski definition) is 2. The summed E-state index contributed by atoms with van der Waals surface area (Å²) in [5.74, 6) is 1.49. The minimum absolute atomic E-state index is 0.642. The molecule has 100 valence electrons. The van der Waals surface area contributed by atoms with Gasteiger partial charge in [0, 0.05) is 25.4 Å². The number of benzene rings is 1. The lowest BCUT2D eigenvalue weighted by molar-refractivity contribution is 1.05. The fourth-order valence-electron chi connectivity index (χ4n) is 1.86. The number of nitrogens with one attached hydrogen (secondary N) is 2. The lowest BCUT2D eigenvalue weighted by atomic mass is 10.1. The zero-order chi connectivity index (χ0) is 13.7. The van der Waals surface area contributed by atoms with E-state index in [4.69, 9.17) is 0 Å². The van der Waals surface area contributed by atoms with Crippen molar-refractivity contribution in [2.45, 2.75) is 26.8 Å². The smallest absolute Gasteiger partial charge is 0.224 e. The second-order valence-electron chi connectivity index (χ2n) is 4.49. The molecule has 2 rings (SSSR count). The first-order valence-corrected chi connectivity index (χ1v) is 6.56. The Hall–Kier alpha value is -2.10. The normalized spacial score (nSPS) is 10.3. The van der Waals surface area contributed by atoms with E-state index in [-0.39, 0.29) is 0 Å². The third kappa shape index (κ3) is 3.68. The molecular formula is C15H20N4. The van der Waals surface area contributed by atoms with Gasteiger partial charge >= 0.3 is 0 Å². The third-order valence-electron chi connectivity index (χ3n) is 2.98. The minimum atomic E-state index is 0.642. The number of rotatable bonds is 5. The summed E-state index contributed by atoms with van der Waals surface area (Å²) >= 11 is 0. The van der Waals surface area contributed by atoms with Crippen LogP contribution >= 0.6 is 0 Å². The van der Waals surface area contributed by atoms with Crippen LogP contribution < -0.4 is 10.6 Å². The van der Waals surface area contributed by atoms with E-state index in [0.29, 0.717) is 5.95 Å². The molecule has 0 aliphatic heterocycles. The van der Waals surface area contributed by atoms with Gasteiger partial charge < -0.3 is 10.6 Å². The second kappa shape index (κ2) is 6.18. The average Bonchev–Trinajstić information content (AvgIpc) is 2.45. The first-order valence-electron chi connectivity index (χ1n) is 6.56. The monoisotopic (exact) mass is 256 g/mol. The number of anilines is 2. The molecule has 1 heterocycles. The Bertz CT molecular complexity index is 534. The molecule has 0 fully saturated rings. The average molecular weight is 256 g/mol. The second-order valence-corrected chi connectivity index (χ2v) is 4.49. The Kier molecular flexibility index (Phi) is 4.34. The molecule has 0 atom stereocenters.